The fraction of sp³-hybridized carbons (Fsp3) is 0.512. The van der Waals surface area contributed by atoms with Crippen LogP contribution in [0.4, 0.5) is 0 Å². The number of allylic oxidation sites excluding steroid dienone is 3. The van der Waals surface area contributed by atoms with Crippen molar-refractivity contribution >= 4 is 5.97 Å². The Morgan fingerprint density at radius 1 is 1.04 bits per heavy atom. The van der Waals surface area contributed by atoms with Crippen LogP contribution in [-0.2, 0) is 27.1 Å². The lowest BCUT2D eigenvalue weighted by Crippen LogP contribution is -2.70. The van der Waals surface area contributed by atoms with Gasteiger partial charge in [0.1, 0.15) is 36.3 Å². The van der Waals surface area contributed by atoms with Crippen molar-refractivity contribution in [2.24, 2.45) is 23.2 Å². The van der Waals surface area contributed by atoms with Gasteiger partial charge in [-0.05, 0) is 92.3 Å². The van der Waals surface area contributed by atoms with Crippen molar-refractivity contribution in [2.75, 3.05) is 6.61 Å². The molecule has 0 amide bonds. The number of ether oxygens (including phenoxy) is 4. The molecule has 2 aromatic rings. The number of hydrogen-bond donors (Lipinski definition) is 6. The third-order valence-corrected chi connectivity index (χ3v) is 12.2. The Morgan fingerprint density at radius 2 is 1.80 bits per heavy atom. The number of hydrogen-bond acceptors (Lipinski definition) is 10. The number of aliphatic hydroxyl groups excluding tert-OH is 4. The molecular formula is C43H50O11. The maximum Gasteiger partial charge on any atom is 0.335 e. The molecule has 2 aromatic carbocycles. The van der Waals surface area contributed by atoms with E-state index in [1.807, 2.05) is 42.5 Å². The zero-order valence-corrected chi connectivity index (χ0v) is 30.2. The minimum absolute atomic E-state index is 0.0220. The van der Waals surface area contributed by atoms with Gasteiger partial charge in [0.2, 0.25) is 6.29 Å². The van der Waals surface area contributed by atoms with Crippen LogP contribution in [-0.4, -0.2) is 91.2 Å². The standard InChI is InChI=1S/C43H50O11/c1-2-5-27-10-14-32(15-11-27)53-40-43-25-33(34(45)6-4-20-51-35(7-3-19-44)37(54-40)36(46)38(43)47)41(18-21-52-43)17-16-31-23-29(24-42(31,50)26-41)22-28-8-12-30(13-9-28)39(48)49/h2,8-18,21,29,31,33-38,40,44-47,50H,1,3,5-7,19,22-26H2,(H,48,49)/t29-,31-,33?,34+,35+,36+,37-,38-,40+,41-,42+,43+/m0/s1. The number of aromatic carboxylic acids is 1. The highest BCUT2D eigenvalue weighted by Crippen LogP contribution is 2.58. The quantitative estimate of drug-likeness (QED) is 0.153. The molecule has 288 valence electrons. The van der Waals surface area contributed by atoms with Crippen molar-refractivity contribution in [3.05, 3.63) is 102 Å². The molecule has 1 saturated heterocycles. The van der Waals surface area contributed by atoms with Gasteiger partial charge in [0, 0.05) is 36.7 Å². The number of benzene rings is 2. The van der Waals surface area contributed by atoms with Crippen LogP contribution in [0.15, 0.2) is 85.7 Å². The van der Waals surface area contributed by atoms with Crippen molar-refractivity contribution in [3.63, 3.8) is 0 Å². The molecule has 12 atom stereocenters. The van der Waals surface area contributed by atoms with Crippen molar-refractivity contribution in [2.45, 2.75) is 106 Å². The summed E-state index contributed by atoms with van der Waals surface area (Å²) in [5.41, 5.74) is -1.55. The Kier molecular flexibility index (Phi) is 11.0. The molecule has 1 saturated carbocycles. The largest absolute Gasteiger partial charge is 0.486 e. The first-order valence-electron chi connectivity index (χ1n) is 18.9. The van der Waals surface area contributed by atoms with Gasteiger partial charge in [-0.15, -0.1) is 6.58 Å². The molecule has 2 aliphatic carbocycles. The lowest BCUT2D eigenvalue weighted by atomic mass is 9.58. The Labute approximate surface area is 315 Å². The van der Waals surface area contributed by atoms with Crippen molar-refractivity contribution in [1.29, 1.82) is 0 Å². The van der Waals surface area contributed by atoms with Crippen LogP contribution in [0.2, 0.25) is 0 Å². The lowest BCUT2D eigenvalue weighted by molar-refractivity contribution is -0.334. The number of carboxylic acid groups (broad SMARTS) is 1. The second kappa shape index (κ2) is 15.5. The van der Waals surface area contributed by atoms with E-state index in [1.54, 1.807) is 30.3 Å². The molecule has 4 aliphatic heterocycles. The second-order valence-corrected chi connectivity index (χ2v) is 15.8. The van der Waals surface area contributed by atoms with Gasteiger partial charge in [-0.3, -0.25) is 0 Å². The van der Waals surface area contributed by atoms with E-state index in [9.17, 15) is 35.4 Å². The molecule has 11 nitrogen and oxygen atoms in total. The zero-order chi connectivity index (χ0) is 38.1. The van der Waals surface area contributed by atoms with Gasteiger partial charge in [0.05, 0.1) is 23.5 Å². The summed E-state index contributed by atoms with van der Waals surface area (Å²) in [4.78, 5) is 11.4. The zero-order valence-electron chi connectivity index (χ0n) is 30.2. The van der Waals surface area contributed by atoms with Crippen LogP contribution in [0.25, 0.3) is 0 Å². The molecule has 0 radical (unpaired) electrons. The molecule has 4 heterocycles. The molecule has 6 aliphatic rings. The van der Waals surface area contributed by atoms with Gasteiger partial charge in [-0.1, -0.05) is 48.4 Å². The molecule has 3 bridgehead atoms. The second-order valence-electron chi connectivity index (χ2n) is 15.8. The predicted octanol–water partition coefficient (Wildman–Crippen LogP) is 4.06. The summed E-state index contributed by atoms with van der Waals surface area (Å²) < 4.78 is 25.5. The predicted molar refractivity (Wildman–Crippen MR) is 197 cm³/mol. The summed E-state index contributed by atoms with van der Waals surface area (Å²) in [6, 6.07) is 14.2. The normalized spacial score (nSPS) is 38.1. The maximum atomic E-state index is 12.4. The topological polar surface area (TPSA) is 175 Å². The highest BCUT2D eigenvalue weighted by Gasteiger charge is 2.65. The Balaban J connectivity index is 1.22. The van der Waals surface area contributed by atoms with Crippen LogP contribution in [0, 0.1) is 35.2 Å². The first-order chi connectivity index (χ1) is 26.0. The fourth-order valence-corrected chi connectivity index (χ4v) is 9.49. The molecule has 8 rings (SSSR count). The Morgan fingerprint density at radius 3 is 2.52 bits per heavy atom. The summed E-state index contributed by atoms with van der Waals surface area (Å²) in [5, 5.41) is 67.3. The van der Waals surface area contributed by atoms with Gasteiger partial charge in [0.25, 0.3) is 0 Å². The van der Waals surface area contributed by atoms with Crippen LogP contribution in [0.5, 0.6) is 5.75 Å². The number of carboxylic acids is 1. The minimum Gasteiger partial charge on any atom is -0.486 e. The van der Waals surface area contributed by atoms with Crippen molar-refractivity contribution < 1.29 is 54.4 Å². The number of fused-ring (bicyclic) bond motifs is 7. The molecular weight excluding hydrogens is 692 g/mol. The van der Waals surface area contributed by atoms with E-state index in [-0.39, 0.29) is 49.7 Å². The Hall–Kier alpha value is -4.15. The van der Waals surface area contributed by atoms with E-state index in [1.165, 1.54) is 6.26 Å². The fourth-order valence-electron chi connectivity index (χ4n) is 9.49. The Bertz CT molecular complexity index is 1780. The summed E-state index contributed by atoms with van der Waals surface area (Å²) in [5.74, 6) is 1.70. The number of rotatable bonds is 10. The van der Waals surface area contributed by atoms with E-state index in [0.29, 0.717) is 31.4 Å². The van der Waals surface area contributed by atoms with Gasteiger partial charge in [-0.2, -0.15) is 0 Å². The SMILES string of the molecule is C=CCc1ccc(O[C@@H]2O[C@@H]3[C@@H](O)[C@H](O)[C@]24CC([C@H](O)CC#CO[C@@H]3CCCO)[C@]2(C=CO4)C=C[C@H]3C[C@H](Cc4ccc(C(=O)O)cc4)C[C@@]3(O)C2)cc1. The van der Waals surface area contributed by atoms with E-state index < -0.39 is 65.3 Å². The third kappa shape index (κ3) is 7.31. The molecule has 1 unspecified atom stereocenters. The monoisotopic (exact) mass is 742 g/mol. The molecule has 6 N–H and O–H groups in total. The van der Waals surface area contributed by atoms with Crippen LogP contribution in [0.1, 0.15) is 66.4 Å². The van der Waals surface area contributed by atoms with E-state index >= 15 is 0 Å². The van der Waals surface area contributed by atoms with Gasteiger partial charge < -0.3 is 49.6 Å². The smallest absolute Gasteiger partial charge is 0.335 e. The van der Waals surface area contributed by atoms with E-state index in [2.05, 4.69) is 18.6 Å². The number of carbonyl (C=O) groups is 1. The summed E-state index contributed by atoms with van der Waals surface area (Å²) >= 11 is 0. The molecule has 54 heavy (non-hydrogen) atoms. The van der Waals surface area contributed by atoms with Gasteiger partial charge >= 0.3 is 5.97 Å². The third-order valence-electron chi connectivity index (χ3n) is 12.2. The minimum atomic E-state index is -1.72. The van der Waals surface area contributed by atoms with Gasteiger partial charge in [-0.25, -0.2) is 4.79 Å². The average Bonchev–Trinajstić information content (AvgIpc) is 3.38. The van der Waals surface area contributed by atoms with Crippen molar-refractivity contribution in [1.82, 2.24) is 0 Å². The molecule has 0 aromatic heterocycles. The molecule has 11 heteroatoms. The van der Waals surface area contributed by atoms with E-state index in [0.717, 1.165) is 17.5 Å². The summed E-state index contributed by atoms with van der Waals surface area (Å²) in [6.07, 6.45) is 7.89. The summed E-state index contributed by atoms with van der Waals surface area (Å²) in [7, 11) is 0. The summed E-state index contributed by atoms with van der Waals surface area (Å²) in [6.45, 7) is 3.68. The highest BCUT2D eigenvalue weighted by molar-refractivity contribution is 5.87. The highest BCUT2D eigenvalue weighted by atomic mass is 16.7. The van der Waals surface area contributed by atoms with Crippen LogP contribution in [0.3, 0.4) is 0 Å². The van der Waals surface area contributed by atoms with Gasteiger partial charge in [0.15, 0.2) is 5.60 Å². The molecule has 2 spiro atoms. The van der Waals surface area contributed by atoms with Crippen LogP contribution < -0.4 is 4.74 Å². The number of aliphatic hydroxyl groups is 5. The van der Waals surface area contributed by atoms with E-state index in [4.69, 9.17) is 18.9 Å². The van der Waals surface area contributed by atoms with Crippen LogP contribution >= 0.6 is 0 Å². The molecule has 2 fully saturated rings. The first-order valence-corrected chi connectivity index (χ1v) is 18.9. The maximum absolute atomic E-state index is 12.4. The average molecular weight is 743 g/mol. The lowest BCUT2D eigenvalue weighted by Gasteiger charge is -2.53. The van der Waals surface area contributed by atoms with Crippen molar-refractivity contribution in [3.8, 4) is 17.8 Å². The first kappa shape index (κ1) is 38.1.